The summed E-state index contributed by atoms with van der Waals surface area (Å²) in [7, 11) is -0.807. The van der Waals surface area contributed by atoms with Gasteiger partial charge in [0.2, 0.25) is 6.71 Å². The van der Waals surface area contributed by atoms with Crippen LogP contribution in [0.5, 0.6) is 0 Å². The van der Waals surface area contributed by atoms with Crippen LogP contribution in [0.1, 0.15) is 37.5 Å². The van der Waals surface area contributed by atoms with Crippen LogP contribution in [0.3, 0.4) is 0 Å². The third-order valence-corrected chi connectivity index (χ3v) is 11.7. The van der Waals surface area contributed by atoms with Crippen LogP contribution in [0.25, 0.3) is 0 Å². The highest BCUT2D eigenvalue weighted by Crippen LogP contribution is 2.33. The molecule has 7 aromatic rings. The van der Waals surface area contributed by atoms with Gasteiger partial charge in [-0.05, 0) is 22.1 Å². The zero-order valence-electron chi connectivity index (χ0n) is 28.2. The first-order valence-electron chi connectivity index (χ1n) is 16.8. The van der Waals surface area contributed by atoms with Crippen LogP contribution in [0.15, 0.2) is 195 Å². The monoisotopic (exact) mass is 638 g/mol. The van der Waals surface area contributed by atoms with Crippen molar-refractivity contribution in [3.63, 3.8) is 0 Å². The van der Waals surface area contributed by atoms with E-state index in [9.17, 15) is 0 Å². The normalized spacial score (nSPS) is 11.6. The molecular weight excluding hydrogens is 595 g/mol. The molecule has 0 bridgehead atoms. The molecule has 0 aliphatic carbocycles. The molecule has 0 radical (unpaired) electrons. The highest BCUT2D eigenvalue weighted by Gasteiger charge is 2.36. The second-order valence-electron chi connectivity index (χ2n) is 13.4. The maximum absolute atomic E-state index is 4.41. The molecule has 6 aromatic carbocycles. The average Bonchev–Trinajstić information content (AvgIpc) is 3.69. The van der Waals surface area contributed by atoms with Gasteiger partial charge in [0.05, 0.1) is 21.0 Å². The fourth-order valence-corrected chi connectivity index (χ4v) is 8.92. The molecule has 0 unspecified atom stereocenters. The first kappa shape index (κ1) is 32.7. The molecule has 0 N–H and O–H groups in total. The first-order chi connectivity index (χ1) is 23.4. The molecule has 0 saturated carbocycles. The van der Waals surface area contributed by atoms with Gasteiger partial charge in [-0.3, -0.25) is 0 Å². The van der Waals surface area contributed by atoms with Gasteiger partial charge in [0.15, 0.2) is 0 Å². The lowest BCUT2D eigenvalue weighted by atomic mass is 9.37. The van der Waals surface area contributed by atoms with Crippen LogP contribution >= 0.6 is 0 Å². The smallest absolute Gasteiger partial charge is 0.241 e. The van der Waals surface area contributed by atoms with E-state index in [1.165, 1.54) is 38.3 Å². The van der Waals surface area contributed by atoms with Crippen LogP contribution in [-0.4, -0.2) is 25.8 Å². The summed E-state index contributed by atoms with van der Waals surface area (Å²) < 4.78 is 2.31. The summed E-state index contributed by atoms with van der Waals surface area (Å²) in [6, 6.07) is 63.1. The molecule has 0 fully saturated rings. The third kappa shape index (κ3) is 7.51. The molecular formula is C44H43BN2Si. The zero-order chi connectivity index (χ0) is 33.2. The van der Waals surface area contributed by atoms with Crippen molar-refractivity contribution < 1.29 is 0 Å². The van der Waals surface area contributed by atoms with E-state index in [0.717, 1.165) is 0 Å². The Balaban J connectivity index is 0.000000182. The molecule has 0 saturated heterocycles. The summed E-state index contributed by atoms with van der Waals surface area (Å²) >= 11 is 0. The van der Waals surface area contributed by atoms with Crippen molar-refractivity contribution in [3.8, 4) is 0 Å². The molecule has 0 aliphatic rings. The van der Waals surface area contributed by atoms with E-state index < -0.39 is 9.52 Å². The fraction of sp³-hybridized carbons (Fsp3) is 0.114. The largest absolute Gasteiger partial charge is 0.326 e. The molecule has 0 atom stereocenters. The number of rotatable bonds is 8. The van der Waals surface area contributed by atoms with Crippen molar-refractivity contribution in [2.24, 2.45) is 0 Å². The Morgan fingerprint density at radius 3 is 1.23 bits per heavy atom. The second-order valence-corrected chi connectivity index (χ2v) is 15.5. The summed E-state index contributed by atoms with van der Waals surface area (Å²) in [5, 5.41) is 1.22. The van der Waals surface area contributed by atoms with Crippen LogP contribution in [0.2, 0.25) is 0 Å². The van der Waals surface area contributed by atoms with Crippen LogP contribution in [0.4, 0.5) is 0 Å². The maximum Gasteiger partial charge on any atom is 0.241 e. The van der Waals surface area contributed by atoms with Crippen LogP contribution in [-0.2, 0) is 10.6 Å². The highest BCUT2D eigenvalue weighted by molar-refractivity contribution is 6.95. The van der Waals surface area contributed by atoms with Gasteiger partial charge < -0.3 is 4.57 Å². The van der Waals surface area contributed by atoms with Gasteiger partial charge in [0.1, 0.15) is 0 Å². The van der Waals surface area contributed by atoms with Gasteiger partial charge in [0.25, 0.3) is 0 Å². The lowest BCUT2D eigenvalue weighted by molar-refractivity contribution is 0.590. The van der Waals surface area contributed by atoms with Crippen molar-refractivity contribution in [2.45, 2.75) is 31.3 Å². The molecule has 2 nitrogen and oxygen atoms in total. The first-order valence-corrected chi connectivity index (χ1v) is 18.2. The molecule has 0 amide bonds. The van der Waals surface area contributed by atoms with Crippen molar-refractivity contribution in [1.82, 2.24) is 9.55 Å². The van der Waals surface area contributed by atoms with Crippen molar-refractivity contribution in [3.05, 3.63) is 211 Å². The van der Waals surface area contributed by atoms with Gasteiger partial charge >= 0.3 is 0 Å². The van der Waals surface area contributed by atoms with E-state index in [0.29, 0.717) is 6.71 Å². The van der Waals surface area contributed by atoms with E-state index in [1.54, 1.807) is 0 Å². The van der Waals surface area contributed by atoms with Crippen LogP contribution in [0, 0.1) is 0 Å². The quantitative estimate of drug-likeness (QED) is 0.171. The number of nitrogens with zero attached hydrogens (tertiary/aromatic N) is 2. The van der Waals surface area contributed by atoms with Gasteiger partial charge in [-0.1, -0.05) is 218 Å². The van der Waals surface area contributed by atoms with Gasteiger partial charge in [-0.25, -0.2) is 4.98 Å². The van der Waals surface area contributed by atoms with Gasteiger partial charge in [0, 0.05) is 12.4 Å². The fourth-order valence-electron chi connectivity index (χ4n) is 6.60. The SMILES string of the molecule is CC(C)(C)c1ccc([SiH2]C(c2ccccc2)(c2ccccc2)n2ccnc2)cc1.c1ccc(B(c2ccccc2)c2ccccc2)cc1. The average molecular weight is 639 g/mol. The minimum absolute atomic E-state index is 0.167. The lowest BCUT2D eigenvalue weighted by Crippen LogP contribution is -2.51. The molecule has 1 aromatic heterocycles. The number of imidazole rings is 1. The van der Waals surface area contributed by atoms with Crippen LogP contribution < -0.4 is 21.6 Å². The number of hydrogen-bond donors (Lipinski definition) is 0. The van der Waals surface area contributed by atoms with Gasteiger partial charge in [-0.2, -0.15) is 0 Å². The Labute approximate surface area is 289 Å². The summed E-state index contributed by atoms with van der Waals surface area (Å²) in [5.41, 5.74) is 8.18. The van der Waals surface area contributed by atoms with E-state index in [1.807, 2.05) is 12.5 Å². The predicted molar refractivity (Wildman–Crippen MR) is 209 cm³/mol. The minimum Gasteiger partial charge on any atom is -0.326 e. The molecule has 1 heterocycles. The van der Waals surface area contributed by atoms with E-state index >= 15 is 0 Å². The van der Waals surface area contributed by atoms with Crippen molar-refractivity contribution >= 4 is 37.8 Å². The summed E-state index contributed by atoms with van der Waals surface area (Å²) in [4.78, 5) is 4.41. The second kappa shape index (κ2) is 15.1. The third-order valence-electron chi connectivity index (χ3n) is 9.13. The zero-order valence-corrected chi connectivity index (χ0v) is 29.6. The molecule has 0 spiro atoms. The summed E-state index contributed by atoms with van der Waals surface area (Å²) in [5.74, 6) is 0. The Morgan fingerprint density at radius 1 is 0.479 bits per heavy atom. The molecule has 48 heavy (non-hydrogen) atoms. The molecule has 4 heteroatoms. The van der Waals surface area contributed by atoms with E-state index in [-0.39, 0.29) is 10.6 Å². The molecule has 7 rings (SSSR count). The standard InChI is InChI=1S/C26H28N2Si.C18H15B/c1-25(2,3)21-14-16-24(17-15-21)29-26(28-19-18-27-20-28,22-10-6-4-7-11-22)23-12-8-5-9-13-23;1-4-10-16(11-5-1)19(17-12-6-2-7-13-17)18-14-8-3-9-15-18/h4-20H,29H2,1-3H3;1-15H. The Hall–Kier alpha value is -5.19. The number of benzene rings is 6. The maximum atomic E-state index is 4.41. The van der Waals surface area contributed by atoms with Crippen molar-refractivity contribution in [1.29, 1.82) is 0 Å². The Morgan fingerprint density at radius 2 is 0.875 bits per heavy atom. The number of hydrogen-bond acceptors (Lipinski definition) is 1. The number of aromatic nitrogens is 2. The Bertz CT molecular complexity index is 1810. The van der Waals surface area contributed by atoms with E-state index in [2.05, 4.69) is 212 Å². The molecule has 236 valence electrons. The van der Waals surface area contributed by atoms with Gasteiger partial charge in [-0.15, -0.1) is 0 Å². The summed E-state index contributed by atoms with van der Waals surface area (Å²) in [6.07, 6.45) is 5.96. The van der Waals surface area contributed by atoms with E-state index in [4.69, 9.17) is 0 Å². The minimum atomic E-state index is -0.807. The Kier molecular flexibility index (Phi) is 10.3. The predicted octanol–water partition coefficient (Wildman–Crippen LogP) is 6.63. The molecule has 0 aliphatic heterocycles. The highest BCUT2D eigenvalue weighted by atomic mass is 28.2. The summed E-state index contributed by atoms with van der Waals surface area (Å²) in [6.45, 7) is 7.11. The lowest BCUT2D eigenvalue weighted by Gasteiger charge is -2.37. The van der Waals surface area contributed by atoms with Crippen molar-refractivity contribution in [2.75, 3.05) is 0 Å². The topological polar surface area (TPSA) is 17.8 Å².